The van der Waals surface area contributed by atoms with Crippen molar-refractivity contribution >= 4 is 20.9 Å². The first-order valence-corrected chi connectivity index (χ1v) is 6.92. The molecule has 0 N–H and O–H groups in total. The minimum absolute atomic E-state index is 0.396. The minimum atomic E-state index is 0.396. The van der Waals surface area contributed by atoms with Gasteiger partial charge in [0, 0.05) is 0 Å². The Labute approximate surface area is 69.5 Å². The Hall–Kier alpha value is 0.790. The molecular formula is C8H18Te. The first-order chi connectivity index (χ1) is 4.31. The van der Waals surface area contributed by atoms with Crippen molar-refractivity contribution < 1.29 is 0 Å². The Kier molecular flexibility index (Phi) is 7.51. The summed E-state index contributed by atoms with van der Waals surface area (Å²) in [6.45, 7) is 7.02. The molecule has 0 bridgehead atoms. The van der Waals surface area contributed by atoms with Crippen molar-refractivity contribution in [3.05, 3.63) is 0 Å². The van der Waals surface area contributed by atoms with Crippen LogP contribution in [0.15, 0.2) is 0 Å². The average molecular weight is 242 g/mol. The average Bonchev–Trinajstić information content (AvgIpc) is 1.85. The summed E-state index contributed by atoms with van der Waals surface area (Å²) in [5.74, 6) is 0. The predicted octanol–water partition coefficient (Wildman–Crippen LogP) is 3.13. The Balaban J connectivity index is 2.95. The molecule has 56 valence electrons. The van der Waals surface area contributed by atoms with Crippen molar-refractivity contribution in [3.8, 4) is 0 Å². The molecule has 0 nitrogen and oxygen atoms in total. The van der Waals surface area contributed by atoms with E-state index in [0.29, 0.717) is 20.9 Å². The molecule has 0 fully saturated rings. The summed E-state index contributed by atoms with van der Waals surface area (Å²) in [5, 5.41) is 0. The van der Waals surface area contributed by atoms with Crippen LogP contribution >= 0.6 is 0 Å². The van der Waals surface area contributed by atoms with Gasteiger partial charge < -0.3 is 0 Å². The van der Waals surface area contributed by atoms with E-state index in [4.69, 9.17) is 0 Å². The van der Waals surface area contributed by atoms with Crippen LogP contribution in [0.2, 0.25) is 8.43 Å². The summed E-state index contributed by atoms with van der Waals surface area (Å²) in [4.78, 5) is 0. The van der Waals surface area contributed by atoms with E-state index in [-0.39, 0.29) is 0 Å². The quantitative estimate of drug-likeness (QED) is 0.649. The maximum atomic E-state index is 2.42. The van der Waals surface area contributed by atoms with Crippen LogP contribution in [0, 0.1) is 0 Å². The van der Waals surface area contributed by atoms with Crippen LogP contribution in [0.3, 0.4) is 0 Å². The van der Waals surface area contributed by atoms with Gasteiger partial charge in [-0.3, -0.25) is 0 Å². The molecule has 0 saturated heterocycles. The molecule has 0 radical (unpaired) electrons. The Morgan fingerprint density at radius 3 is 2.44 bits per heavy atom. The molecule has 0 amide bonds. The van der Waals surface area contributed by atoms with E-state index in [1.165, 1.54) is 23.7 Å². The van der Waals surface area contributed by atoms with Gasteiger partial charge in [-0.1, -0.05) is 0 Å². The summed E-state index contributed by atoms with van der Waals surface area (Å²) in [6.07, 6.45) is 4.32. The predicted molar refractivity (Wildman–Crippen MR) is 45.2 cm³/mol. The molecule has 1 unspecified atom stereocenters. The van der Waals surface area contributed by atoms with E-state index in [0.717, 1.165) is 3.97 Å². The molecule has 0 aliphatic rings. The molecule has 0 aliphatic heterocycles. The zero-order chi connectivity index (χ0) is 7.11. The van der Waals surface area contributed by atoms with E-state index in [1.54, 1.807) is 0 Å². The zero-order valence-electron chi connectivity index (χ0n) is 6.81. The standard InChI is InChI=1S/C8H18Te/c1-4-6-7-8(3)9-5-2/h8H,4-7H2,1-3H3. The van der Waals surface area contributed by atoms with Crippen LogP contribution in [0.1, 0.15) is 40.0 Å². The van der Waals surface area contributed by atoms with E-state index < -0.39 is 0 Å². The van der Waals surface area contributed by atoms with Gasteiger partial charge in [0.2, 0.25) is 0 Å². The van der Waals surface area contributed by atoms with Crippen LogP contribution in [-0.4, -0.2) is 20.9 Å². The van der Waals surface area contributed by atoms with Crippen molar-refractivity contribution in [2.24, 2.45) is 0 Å². The van der Waals surface area contributed by atoms with Gasteiger partial charge in [0.25, 0.3) is 0 Å². The van der Waals surface area contributed by atoms with Crippen molar-refractivity contribution in [2.75, 3.05) is 0 Å². The van der Waals surface area contributed by atoms with E-state index in [2.05, 4.69) is 20.8 Å². The summed E-state index contributed by atoms with van der Waals surface area (Å²) in [5.41, 5.74) is 0. The second kappa shape index (κ2) is 6.90. The molecule has 9 heavy (non-hydrogen) atoms. The van der Waals surface area contributed by atoms with E-state index in [9.17, 15) is 0 Å². The van der Waals surface area contributed by atoms with Crippen LogP contribution in [-0.2, 0) is 0 Å². The first-order valence-electron chi connectivity index (χ1n) is 3.92. The van der Waals surface area contributed by atoms with Crippen molar-refractivity contribution in [1.82, 2.24) is 0 Å². The molecule has 0 aromatic rings. The summed E-state index contributed by atoms with van der Waals surface area (Å²) >= 11 is 0.396. The second-order valence-corrected chi connectivity index (χ2v) is 7.30. The normalized spacial score (nSPS) is 13.7. The first kappa shape index (κ1) is 9.79. The number of hydrogen-bond donors (Lipinski definition) is 0. The van der Waals surface area contributed by atoms with Crippen molar-refractivity contribution in [3.63, 3.8) is 0 Å². The molecule has 0 aromatic carbocycles. The fourth-order valence-electron chi connectivity index (χ4n) is 0.859. The van der Waals surface area contributed by atoms with E-state index >= 15 is 0 Å². The molecule has 0 rings (SSSR count). The number of unbranched alkanes of at least 4 members (excludes halogenated alkanes) is 1. The fraction of sp³-hybridized carbons (Fsp3) is 1.00. The van der Waals surface area contributed by atoms with Gasteiger partial charge in [-0.2, -0.15) is 0 Å². The molecule has 1 atom stereocenters. The summed E-state index contributed by atoms with van der Waals surface area (Å²) in [7, 11) is 0. The van der Waals surface area contributed by atoms with Crippen LogP contribution in [0.4, 0.5) is 0 Å². The Bertz CT molecular complexity index is 52.5. The van der Waals surface area contributed by atoms with Gasteiger partial charge in [0.15, 0.2) is 0 Å². The Morgan fingerprint density at radius 1 is 1.33 bits per heavy atom. The van der Waals surface area contributed by atoms with Gasteiger partial charge in [-0.25, -0.2) is 0 Å². The summed E-state index contributed by atoms with van der Waals surface area (Å²) in [6, 6.07) is 0. The van der Waals surface area contributed by atoms with Crippen LogP contribution in [0.5, 0.6) is 0 Å². The molecule has 0 aromatic heterocycles. The maximum absolute atomic E-state index is 2.42. The second-order valence-electron chi connectivity index (χ2n) is 2.41. The molecule has 0 spiro atoms. The molecular weight excluding hydrogens is 224 g/mol. The molecule has 0 saturated carbocycles. The van der Waals surface area contributed by atoms with Gasteiger partial charge >= 0.3 is 69.4 Å². The van der Waals surface area contributed by atoms with Gasteiger partial charge in [-0.05, 0) is 0 Å². The van der Waals surface area contributed by atoms with E-state index in [1.807, 2.05) is 0 Å². The SMILES string of the molecule is CCCCC(C)[Te]CC. The third-order valence-corrected chi connectivity index (χ3v) is 4.66. The molecule has 1 heteroatoms. The summed E-state index contributed by atoms with van der Waals surface area (Å²) < 4.78 is 2.58. The molecule has 0 aliphatic carbocycles. The van der Waals surface area contributed by atoms with Gasteiger partial charge in [0.05, 0.1) is 0 Å². The molecule has 0 heterocycles. The third kappa shape index (κ3) is 6.68. The van der Waals surface area contributed by atoms with Gasteiger partial charge in [0.1, 0.15) is 0 Å². The Morgan fingerprint density at radius 2 is 2.00 bits per heavy atom. The topological polar surface area (TPSA) is 0 Å². The van der Waals surface area contributed by atoms with Crippen LogP contribution in [0.25, 0.3) is 0 Å². The van der Waals surface area contributed by atoms with Crippen LogP contribution < -0.4 is 0 Å². The van der Waals surface area contributed by atoms with Crippen molar-refractivity contribution in [2.45, 2.75) is 48.5 Å². The zero-order valence-corrected chi connectivity index (χ0v) is 9.14. The van der Waals surface area contributed by atoms with Gasteiger partial charge in [-0.15, -0.1) is 0 Å². The number of hydrogen-bond acceptors (Lipinski definition) is 0. The number of rotatable bonds is 5. The third-order valence-electron chi connectivity index (χ3n) is 1.42. The van der Waals surface area contributed by atoms with Crippen molar-refractivity contribution in [1.29, 1.82) is 0 Å². The monoisotopic (exact) mass is 244 g/mol. The fourth-order valence-corrected chi connectivity index (χ4v) is 3.43.